The van der Waals surface area contributed by atoms with Gasteiger partial charge < -0.3 is 0 Å². The summed E-state index contributed by atoms with van der Waals surface area (Å²) in [4.78, 5) is 22.1. The number of fused-ring (bicyclic) bond motifs is 2. The predicted molar refractivity (Wildman–Crippen MR) is 149 cm³/mol. The van der Waals surface area contributed by atoms with E-state index < -0.39 is 34.1 Å². The number of ketones is 1. The number of piperidine rings is 1. The Morgan fingerprint density at radius 2 is 2.00 bits per heavy atom. The number of carbonyl (C=O) groups is 1. The second kappa shape index (κ2) is 11.0. The van der Waals surface area contributed by atoms with Gasteiger partial charge >= 0.3 is 194 Å². The topological polar surface area (TPSA) is 85.2 Å². The zero-order valence-electron chi connectivity index (χ0n) is 20.7. The number of hydrogen-bond donors (Lipinski definition) is 0. The van der Waals surface area contributed by atoms with Crippen molar-refractivity contribution in [2.24, 2.45) is 5.92 Å². The fourth-order valence-electron chi connectivity index (χ4n) is 5.49. The number of hydrogen-bond acceptors (Lipinski definition) is 5. The van der Waals surface area contributed by atoms with E-state index in [2.05, 4.69) is 27.3 Å². The molecule has 1 aromatic carbocycles. The Morgan fingerprint density at radius 1 is 1.22 bits per heavy atom. The van der Waals surface area contributed by atoms with Crippen molar-refractivity contribution >= 4 is 67.2 Å². The van der Waals surface area contributed by atoms with E-state index >= 15 is 0 Å². The molecule has 1 fully saturated rings. The fraction of sp³-hybridized carbons (Fsp3) is 0.333. The molecule has 1 aliphatic carbocycles. The van der Waals surface area contributed by atoms with E-state index in [0.29, 0.717) is 36.6 Å². The van der Waals surface area contributed by atoms with Gasteiger partial charge in [-0.2, -0.15) is 0 Å². The van der Waals surface area contributed by atoms with Crippen molar-refractivity contribution < 1.29 is 13.2 Å². The van der Waals surface area contributed by atoms with Crippen molar-refractivity contribution in [3.8, 4) is 0 Å². The Kier molecular flexibility index (Phi) is 7.90. The Hall–Kier alpha value is -2.02. The van der Waals surface area contributed by atoms with Gasteiger partial charge in [0.25, 0.3) is 0 Å². The Labute approximate surface area is 234 Å². The molecule has 0 amide bonds. The number of rotatable bonds is 7. The molecule has 5 rings (SSSR count). The minimum absolute atomic E-state index is 0.00909. The summed E-state index contributed by atoms with van der Waals surface area (Å²) >= 11 is 5.16. The molecule has 3 heterocycles. The van der Waals surface area contributed by atoms with Gasteiger partial charge in [0.2, 0.25) is 10.0 Å². The number of halogens is 1. The van der Waals surface area contributed by atoms with E-state index in [1.807, 2.05) is 33.0 Å². The van der Waals surface area contributed by atoms with Crippen LogP contribution in [0.15, 0.2) is 49.1 Å². The van der Waals surface area contributed by atoms with Gasteiger partial charge in [-0.25, -0.2) is 12.7 Å². The third-order valence-electron chi connectivity index (χ3n) is 7.35. The Bertz CT molecular complexity index is 1490. The molecule has 0 spiro atoms. The first-order valence-electron chi connectivity index (χ1n) is 12.3. The zero-order chi connectivity index (χ0) is 26.2. The van der Waals surface area contributed by atoms with Crippen LogP contribution in [0.25, 0.3) is 11.6 Å². The van der Waals surface area contributed by atoms with E-state index in [-0.39, 0.29) is 17.6 Å². The number of nitrogens with zero attached hydrogens (tertiary/aromatic N) is 4. The number of sulfonamides is 1. The molecule has 1 atom stereocenters. The summed E-state index contributed by atoms with van der Waals surface area (Å²) in [6, 6.07) is 9.98. The van der Waals surface area contributed by atoms with Gasteiger partial charge in [-0.05, 0) is 0 Å². The molecule has 190 valence electrons. The summed E-state index contributed by atoms with van der Waals surface area (Å²) in [7, 11) is -3.21. The van der Waals surface area contributed by atoms with Crippen LogP contribution in [-0.4, -0.2) is 78.3 Å². The van der Waals surface area contributed by atoms with E-state index in [4.69, 9.17) is 16.6 Å². The van der Waals surface area contributed by atoms with Crippen LogP contribution < -0.4 is 0 Å². The van der Waals surface area contributed by atoms with Crippen LogP contribution in [0.3, 0.4) is 0 Å². The standard InChI is InChI=1S/C26H27ClN4O3S.CH2.Tl/c1-35(33,34)31-11-8-17(9-12-31)25-21-6-5-20(27)14-19(21)13-18(22-3-2-10-29-26(22)25)4-7-24(32)23-15-28-16-30-23;;/h2-3,5-6,10,13-17,25H,4,7-9,11-12H2,1H3,(H,28,30,32);1H2;/q;;+1/p-1. The number of carbonyl (C=O) groups excluding carboxylic acids is 1. The number of pyridine rings is 1. The normalized spacial score (nSPS) is 18.3. The maximum atomic E-state index is 12.9. The fourth-order valence-corrected chi connectivity index (χ4v) is 8.12. The first-order chi connectivity index (χ1) is 17.7. The molecule has 0 radical (unpaired) electrons. The number of aromatic nitrogens is 3. The van der Waals surface area contributed by atoms with Crippen molar-refractivity contribution in [1.29, 1.82) is 0 Å². The molecular weight excluding hydrogens is 700 g/mol. The van der Waals surface area contributed by atoms with E-state index in [0.717, 1.165) is 40.8 Å². The summed E-state index contributed by atoms with van der Waals surface area (Å²) in [5.41, 5.74) is 5.74. The number of imidazole rings is 1. The van der Waals surface area contributed by atoms with E-state index in [1.54, 1.807) is 10.6 Å². The molecule has 0 bridgehead atoms. The molecule has 0 N–H and O–H groups in total. The molecule has 3 aromatic rings. The average molecular weight is 728 g/mol. The van der Waals surface area contributed by atoms with Gasteiger partial charge in [0.1, 0.15) is 0 Å². The second-order valence-corrected chi connectivity index (χ2v) is 15.8. The van der Waals surface area contributed by atoms with Crippen LogP contribution in [0.5, 0.6) is 0 Å². The van der Waals surface area contributed by atoms with Crippen molar-refractivity contribution in [3.63, 3.8) is 0 Å². The molecule has 2 aromatic heterocycles. The molecule has 1 aliphatic heterocycles. The van der Waals surface area contributed by atoms with Crippen molar-refractivity contribution in [1.82, 2.24) is 16.6 Å². The molecule has 1 saturated heterocycles. The molecule has 2 aliphatic rings. The van der Waals surface area contributed by atoms with Gasteiger partial charge in [-0.3, -0.25) is 0 Å². The van der Waals surface area contributed by atoms with E-state index in [9.17, 15) is 13.2 Å². The van der Waals surface area contributed by atoms with Gasteiger partial charge in [-0.1, -0.05) is 0 Å². The molecule has 1 unspecified atom stereocenters. The van der Waals surface area contributed by atoms with Crippen LogP contribution >= 0.6 is 11.6 Å². The summed E-state index contributed by atoms with van der Waals surface area (Å²) in [6.45, 7) is 1.01. The third kappa shape index (κ3) is 5.72. The number of benzene rings is 1. The van der Waals surface area contributed by atoms with Crippen LogP contribution in [0.2, 0.25) is 5.02 Å². The summed E-state index contributed by atoms with van der Waals surface area (Å²) in [5, 5.41) is 0.653. The number of allylic oxidation sites excluding steroid dienone is 1. The molecule has 7 nitrogen and oxygen atoms in total. The van der Waals surface area contributed by atoms with Gasteiger partial charge in [-0.15, -0.1) is 0 Å². The molecule has 37 heavy (non-hydrogen) atoms. The van der Waals surface area contributed by atoms with Gasteiger partial charge in [0, 0.05) is 13.1 Å². The van der Waals surface area contributed by atoms with Crippen molar-refractivity contribution in [3.05, 3.63) is 82.2 Å². The van der Waals surface area contributed by atoms with E-state index in [1.165, 1.54) is 6.26 Å². The predicted octanol–water partition coefficient (Wildman–Crippen LogP) is 4.15. The molecular formula is C27H28ClN4O3STl. The second-order valence-electron chi connectivity index (χ2n) is 9.67. The van der Waals surface area contributed by atoms with Gasteiger partial charge in [0.15, 0.2) is 0 Å². The minimum atomic E-state index is -3.21. The third-order valence-corrected chi connectivity index (χ3v) is 11.6. The summed E-state index contributed by atoms with van der Waals surface area (Å²) in [5.74, 6) is 0.262. The number of Topliss-reactive ketones (excluding diaryl/α,β-unsaturated/α-hetero) is 1. The zero-order valence-corrected chi connectivity index (χ0v) is 26.7. The average Bonchev–Trinajstić information content (AvgIpc) is 3.32. The van der Waals surface area contributed by atoms with Crippen LogP contribution in [0.4, 0.5) is 0 Å². The maximum absolute atomic E-state index is 12.9. The first kappa shape index (κ1) is 26.6. The Balaban J connectivity index is 1.50. The van der Waals surface area contributed by atoms with Gasteiger partial charge in [0.05, 0.1) is 6.26 Å². The van der Waals surface area contributed by atoms with Crippen LogP contribution in [0, 0.1) is 5.92 Å². The summed E-state index contributed by atoms with van der Waals surface area (Å²) in [6.07, 6.45) is 11.2. The molecule has 0 saturated carbocycles. The van der Waals surface area contributed by atoms with Crippen LogP contribution in [0.1, 0.15) is 64.5 Å². The van der Waals surface area contributed by atoms with Crippen molar-refractivity contribution in [2.75, 3.05) is 19.3 Å². The quantitative estimate of drug-likeness (QED) is 0.270. The Morgan fingerprint density at radius 3 is 2.70 bits per heavy atom. The first-order valence-corrected chi connectivity index (χ1v) is 19.7. The molecule has 10 heteroatoms. The van der Waals surface area contributed by atoms with Crippen molar-refractivity contribution in [2.45, 2.75) is 31.6 Å². The monoisotopic (exact) mass is 728 g/mol. The van der Waals surface area contributed by atoms with Crippen LogP contribution in [-0.2, 0) is 10.0 Å². The summed E-state index contributed by atoms with van der Waals surface area (Å²) < 4.78 is 31.8. The SMILES string of the molecule is [CH2]=[Tl][n]1cnc(C(=O)CCC2=Cc3cc(Cl)ccc3C(C3CCN(S(C)(=O)=O)CC3)c3ncccc32)c1.